The van der Waals surface area contributed by atoms with E-state index in [0.717, 1.165) is 12.5 Å². The third kappa shape index (κ3) is 2.99. The Bertz CT molecular complexity index is 337. The first-order valence-corrected chi connectivity index (χ1v) is 6.24. The summed E-state index contributed by atoms with van der Waals surface area (Å²) in [5.41, 5.74) is 1.25. The van der Waals surface area contributed by atoms with Gasteiger partial charge in [-0.3, -0.25) is 0 Å². The van der Waals surface area contributed by atoms with Gasteiger partial charge in [-0.1, -0.05) is 18.6 Å². The van der Waals surface area contributed by atoms with E-state index in [4.69, 9.17) is 0 Å². The minimum atomic E-state index is 0.384. The Balaban J connectivity index is 1.86. The Kier molecular flexibility index (Phi) is 3.83. The summed E-state index contributed by atoms with van der Waals surface area (Å²) in [6.45, 7) is 1.24. The first-order valence-electron chi connectivity index (χ1n) is 6.24. The van der Waals surface area contributed by atoms with Crippen LogP contribution in [0, 0.1) is 0 Å². The Hall–Kier alpha value is -1.02. The maximum Gasteiger partial charge on any atom is 0.115 e. The van der Waals surface area contributed by atoms with Crippen molar-refractivity contribution in [1.29, 1.82) is 0 Å². The Morgan fingerprint density at radius 1 is 1.38 bits per heavy atom. The van der Waals surface area contributed by atoms with Crippen LogP contribution in [0.15, 0.2) is 24.3 Å². The van der Waals surface area contributed by atoms with Gasteiger partial charge in [-0.05, 0) is 57.0 Å². The topological polar surface area (TPSA) is 23.5 Å². The van der Waals surface area contributed by atoms with Crippen LogP contribution in [-0.4, -0.2) is 29.6 Å². The number of benzene rings is 1. The van der Waals surface area contributed by atoms with Crippen LogP contribution in [0.5, 0.6) is 5.75 Å². The van der Waals surface area contributed by atoms with Crippen molar-refractivity contribution in [3.8, 4) is 5.75 Å². The third-order valence-electron chi connectivity index (χ3n) is 3.60. The van der Waals surface area contributed by atoms with Gasteiger partial charge in [0.1, 0.15) is 5.75 Å². The zero-order chi connectivity index (χ0) is 11.4. The van der Waals surface area contributed by atoms with Crippen LogP contribution >= 0.6 is 0 Å². The summed E-state index contributed by atoms with van der Waals surface area (Å²) in [4.78, 5) is 2.48. The zero-order valence-corrected chi connectivity index (χ0v) is 10.0. The second-order valence-electron chi connectivity index (χ2n) is 4.84. The van der Waals surface area contributed by atoms with Crippen LogP contribution in [0.3, 0.4) is 0 Å². The summed E-state index contributed by atoms with van der Waals surface area (Å²) < 4.78 is 0. The predicted molar refractivity (Wildman–Crippen MR) is 66.7 cm³/mol. The van der Waals surface area contributed by atoms with Crippen molar-refractivity contribution in [3.63, 3.8) is 0 Å². The van der Waals surface area contributed by atoms with Crippen molar-refractivity contribution in [2.75, 3.05) is 13.6 Å². The number of likely N-dealkylation sites (tertiary alicyclic amines) is 1. The number of hydrogen-bond donors (Lipinski definition) is 1. The second kappa shape index (κ2) is 5.35. The highest BCUT2D eigenvalue weighted by Gasteiger charge is 2.18. The number of phenolic OH excluding ortho intramolecular Hbond substituents is 1. The van der Waals surface area contributed by atoms with Gasteiger partial charge in [0.25, 0.3) is 0 Å². The van der Waals surface area contributed by atoms with Gasteiger partial charge in [-0.25, -0.2) is 0 Å². The number of piperidine rings is 1. The van der Waals surface area contributed by atoms with Crippen LogP contribution in [0.25, 0.3) is 0 Å². The molecule has 1 unspecified atom stereocenters. The molecule has 1 fully saturated rings. The minimum Gasteiger partial charge on any atom is -0.508 e. The van der Waals surface area contributed by atoms with Crippen molar-refractivity contribution in [2.45, 2.75) is 38.1 Å². The van der Waals surface area contributed by atoms with Gasteiger partial charge >= 0.3 is 0 Å². The van der Waals surface area contributed by atoms with E-state index in [9.17, 15) is 5.11 Å². The Labute approximate surface area is 97.9 Å². The van der Waals surface area contributed by atoms with Crippen LogP contribution in [0.1, 0.15) is 31.2 Å². The lowest BCUT2D eigenvalue weighted by atomic mass is 9.96. The lowest BCUT2D eigenvalue weighted by Crippen LogP contribution is -2.36. The highest BCUT2D eigenvalue weighted by atomic mass is 16.3. The summed E-state index contributed by atoms with van der Waals surface area (Å²) in [5.74, 6) is 0.384. The van der Waals surface area contributed by atoms with E-state index in [1.54, 1.807) is 6.07 Å². The second-order valence-corrected chi connectivity index (χ2v) is 4.84. The number of aryl methyl sites for hydroxylation is 1. The maximum atomic E-state index is 9.39. The molecular weight excluding hydrogens is 198 g/mol. The molecule has 0 amide bonds. The first kappa shape index (κ1) is 11.5. The monoisotopic (exact) mass is 219 g/mol. The van der Waals surface area contributed by atoms with Crippen LogP contribution in [0.2, 0.25) is 0 Å². The lowest BCUT2D eigenvalue weighted by molar-refractivity contribution is 0.176. The maximum absolute atomic E-state index is 9.39. The van der Waals surface area contributed by atoms with E-state index in [0.29, 0.717) is 5.75 Å². The molecular formula is C14H21NO. The molecule has 88 valence electrons. The summed E-state index contributed by atoms with van der Waals surface area (Å²) in [6, 6.07) is 8.37. The third-order valence-corrected chi connectivity index (χ3v) is 3.60. The van der Waals surface area contributed by atoms with Crippen LogP contribution < -0.4 is 0 Å². The molecule has 1 aromatic rings. The van der Waals surface area contributed by atoms with Crippen molar-refractivity contribution in [2.24, 2.45) is 0 Å². The molecule has 1 aliphatic rings. The van der Waals surface area contributed by atoms with Gasteiger partial charge in [-0.2, -0.15) is 0 Å². The first-order chi connectivity index (χ1) is 7.75. The number of hydrogen-bond acceptors (Lipinski definition) is 2. The molecule has 1 aliphatic heterocycles. The van der Waals surface area contributed by atoms with Crippen molar-refractivity contribution < 1.29 is 5.11 Å². The quantitative estimate of drug-likeness (QED) is 0.845. The Morgan fingerprint density at radius 3 is 3.00 bits per heavy atom. The van der Waals surface area contributed by atoms with Crippen molar-refractivity contribution in [3.05, 3.63) is 29.8 Å². The van der Waals surface area contributed by atoms with Crippen molar-refractivity contribution >= 4 is 0 Å². The molecule has 2 rings (SSSR count). The molecule has 1 atom stereocenters. The fourth-order valence-corrected chi connectivity index (χ4v) is 2.55. The summed E-state index contributed by atoms with van der Waals surface area (Å²) >= 11 is 0. The molecule has 0 aromatic heterocycles. The van der Waals surface area contributed by atoms with E-state index in [2.05, 4.69) is 18.0 Å². The van der Waals surface area contributed by atoms with Crippen molar-refractivity contribution in [1.82, 2.24) is 4.90 Å². The van der Waals surface area contributed by atoms with Gasteiger partial charge in [0.05, 0.1) is 0 Å². The standard InChI is InChI=1S/C14H21NO/c1-15-10-3-2-6-13(15)9-8-12-5-4-7-14(16)11-12/h4-5,7,11,13,16H,2-3,6,8-10H2,1H3. The number of aromatic hydroxyl groups is 1. The lowest BCUT2D eigenvalue weighted by Gasteiger charge is -2.32. The summed E-state index contributed by atoms with van der Waals surface area (Å²) in [5, 5.41) is 9.39. The molecule has 1 saturated heterocycles. The average molecular weight is 219 g/mol. The molecule has 2 heteroatoms. The fourth-order valence-electron chi connectivity index (χ4n) is 2.55. The van der Waals surface area contributed by atoms with E-state index in [1.807, 2.05) is 12.1 Å². The highest BCUT2D eigenvalue weighted by Crippen LogP contribution is 2.20. The molecule has 0 radical (unpaired) electrons. The SMILES string of the molecule is CN1CCCCC1CCc1cccc(O)c1. The van der Waals surface area contributed by atoms with Gasteiger partial charge in [0.2, 0.25) is 0 Å². The molecule has 1 aromatic carbocycles. The molecule has 0 aliphatic carbocycles. The highest BCUT2D eigenvalue weighted by molar-refractivity contribution is 5.27. The van der Waals surface area contributed by atoms with Gasteiger partial charge < -0.3 is 10.0 Å². The van der Waals surface area contributed by atoms with Crippen LogP contribution in [-0.2, 0) is 6.42 Å². The molecule has 0 bridgehead atoms. The zero-order valence-electron chi connectivity index (χ0n) is 10.0. The normalized spacial score (nSPS) is 22.2. The van der Waals surface area contributed by atoms with Gasteiger partial charge in [0.15, 0.2) is 0 Å². The number of rotatable bonds is 3. The van der Waals surface area contributed by atoms with Crippen LogP contribution in [0.4, 0.5) is 0 Å². The smallest absolute Gasteiger partial charge is 0.115 e. The molecule has 0 saturated carbocycles. The largest absolute Gasteiger partial charge is 0.508 e. The van der Waals surface area contributed by atoms with E-state index in [1.165, 1.54) is 37.8 Å². The van der Waals surface area contributed by atoms with Gasteiger partial charge in [0, 0.05) is 6.04 Å². The summed E-state index contributed by atoms with van der Waals surface area (Å²) in [6.07, 6.45) is 6.33. The summed E-state index contributed by atoms with van der Waals surface area (Å²) in [7, 11) is 2.23. The van der Waals surface area contributed by atoms with E-state index < -0.39 is 0 Å². The number of phenols is 1. The molecule has 1 heterocycles. The molecule has 16 heavy (non-hydrogen) atoms. The van der Waals surface area contributed by atoms with E-state index >= 15 is 0 Å². The Morgan fingerprint density at radius 2 is 2.25 bits per heavy atom. The average Bonchev–Trinajstić information content (AvgIpc) is 2.28. The number of nitrogens with zero attached hydrogens (tertiary/aromatic N) is 1. The van der Waals surface area contributed by atoms with E-state index in [-0.39, 0.29) is 0 Å². The molecule has 0 spiro atoms. The fraction of sp³-hybridized carbons (Fsp3) is 0.571. The molecule has 1 N–H and O–H groups in total. The van der Waals surface area contributed by atoms with Gasteiger partial charge in [-0.15, -0.1) is 0 Å². The predicted octanol–water partition coefficient (Wildman–Crippen LogP) is 2.81. The minimum absolute atomic E-state index is 0.384. The molecule has 2 nitrogen and oxygen atoms in total.